The minimum Gasteiger partial charge on any atom is -0.472 e. The minimum absolute atomic E-state index is 0.109. The van der Waals surface area contributed by atoms with Gasteiger partial charge in [0.2, 0.25) is 4.38 Å². The molecule has 0 heterocycles. The lowest BCUT2D eigenvalue weighted by Crippen LogP contribution is -2.55. The average molecular weight is 509 g/mol. The Bertz CT molecular complexity index is 817. The summed E-state index contributed by atoms with van der Waals surface area (Å²) in [6.45, 7) is 19.4. The van der Waals surface area contributed by atoms with Crippen LogP contribution >= 0.6 is 24.0 Å². The quantitative estimate of drug-likeness (QED) is 0.215. The molecule has 0 aliphatic heterocycles. The van der Waals surface area contributed by atoms with Crippen LogP contribution in [0.5, 0.6) is 0 Å². The van der Waals surface area contributed by atoms with E-state index >= 15 is 0 Å². The number of fused-ring (bicyclic) bond motifs is 5. The van der Waals surface area contributed by atoms with Gasteiger partial charge in [0.15, 0.2) is 8.32 Å². The fourth-order valence-corrected chi connectivity index (χ4v) is 9.78. The zero-order valence-electron chi connectivity index (χ0n) is 22.7. The second kappa shape index (κ2) is 8.63. The fraction of sp³-hybridized carbons (Fsp3) is 0.893. The van der Waals surface area contributed by atoms with Crippen LogP contribution in [-0.2, 0) is 9.16 Å². The molecule has 0 radical (unpaired) electrons. The molecule has 0 aromatic carbocycles. The zero-order chi connectivity index (χ0) is 24.4. The van der Waals surface area contributed by atoms with Gasteiger partial charge >= 0.3 is 0 Å². The molecular weight excluding hydrogens is 461 g/mol. The van der Waals surface area contributed by atoms with Gasteiger partial charge in [-0.05, 0) is 118 Å². The van der Waals surface area contributed by atoms with Crippen molar-refractivity contribution in [3.63, 3.8) is 0 Å². The summed E-state index contributed by atoms with van der Waals surface area (Å²) in [7, 11) is -1.72. The van der Waals surface area contributed by atoms with E-state index in [0.717, 1.165) is 35.0 Å². The third kappa shape index (κ3) is 4.23. The average Bonchev–Trinajstić information content (AvgIpc) is 2.97. The van der Waals surface area contributed by atoms with Crippen molar-refractivity contribution in [1.29, 1.82) is 0 Å². The van der Waals surface area contributed by atoms with Gasteiger partial charge in [-0.1, -0.05) is 58.0 Å². The molecule has 0 N–H and O–H groups in total. The second-order valence-corrected chi connectivity index (χ2v) is 19.9. The Morgan fingerprint density at radius 3 is 2.36 bits per heavy atom. The van der Waals surface area contributed by atoms with E-state index < -0.39 is 8.32 Å². The van der Waals surface area contributed by atoms with Crippen molar-refractivity contribution in [2.45, 2.75) is 123 Å². The number of hydrogen-bond acceptors (Lipinski definition) is 4. The van der Waals surface area contributed by atoms with Crippen molar-refractivity contribution in [3.8, 4) is 0 Å². The Kier molecular flexibility index (Phi) is 6.86. The van der Waals surface area contributed by atoms with Crippen LogP contribution in [0.25, 0.3) is 0 Å². The van der Waals surface area contributed by atoms with Crippen LogP contribution in [0, 0.1) is 28.6 Å². The lowest BCUT2D eigenvalue weighted by Gasteiger charge is -2.59. The standard InChI is InChI=1S/C28H48O2S2Si/c1-25(2,3)33(8,9)30-20-12-15-26(4)19(18-20)10-11-21-22(26)13-16-27(5)23(21)14-17-28(27,6)29-24(31)32-7/h10,20-23H,11-18H2,1-9H3/t20-,21+,22-,23-,26-,27-,28-/m0/s1. The number of ether oxygens (including phenoxy) is 1. The monoisotopic (exact) mass is 508 g/mol. The zero-order valence-corrected chi connectivity index (χ0v) is 25.3. The van der Waals surface area contributed by atoms with E-state index in [4.69, 9.17) is 21.4 Å². The van der Waals surface area contributed by atoms with Crippen molar-refractivity contribution in [2.24, 2.45) is 28.6 Å². The molecule has 0 amide bonds. The number of hydrogen-bond donors (Lipinski definition) is 0. The minimum atomic E-state index is -1.72. The van der Waals surface area contributed by atoms with E-state index in [9.17, 15) is 0 Å². The lowest BCUT2D eigenvalue weighted by molar-refractivity contribution is -0.105. The SMILES string of the molecule is CSC(=S)O[C@@]1(C)CC[C@H]2[C@@H]3CC=C4C[C@@H](O[Si](C)(C)C(C)(C)C)CC[C@]4(C)[C@H]3CC[C@@]21C. The molecule has 0 saturated heterocycles. The van der Waals surface area contributed by atoms with Crippen molar-refractivity contribution in [1.82, 2.24) is 0 Å². The van der Waals surface area contributed by atoms with Gasteiger partial charge in [-0.3, -0.25) is 0 Å². The highest BCUT2D eigenvalue weighted by molar-refractivity contribution is 8.22. The highest BCUT2D eigenvalue weighted by Gasteiger charge is 2.64. The third-order valence-electron chi connectivity index (χ3n) is 11.3. The maximum Gasteiger partial charge on any atom is 0.220 e. The van der Waals surface area contributed by atoms with Gasteiger partial charge in [0.25, 0.3) is 0 Å². The molecular formula is C28H48O2S2Si. The van der Waals surface area contributed by atoms with Gasteiger partial charge in [-0.2, -0.15) is 0 Å². The molecule has 4 aliphatic carbocycles. The molecule has 0 spiro atoms. The summed E-state index contributed by atoms with van der Waals surface area (Å²) >= 11 is 7.09. The Balaban J connectivity index is 1.53. The summed E-state index contributed by atoms with van der Waals surface area (Å²) in [5.41, 5.74) is 2.22. The van der Waals surface area contributed by atoms with Gasteiger partial charge in [0.1, 0.15) is 5.60 Å². The molecule has 0 aromatic heterocycles. The van der Waals surface area contributed by atoms with Crippen LogP contribution in [0.15, 0.2) is 11.6 Å². The van der Waals surface area contributed by atoms with E-state index in [2.05, 4.69) is 60.7 Å². The molecule has 7 atom stereocenters. The van der Waals surface area contributed by atoms with Crippen LogP contribution in [0.2, 0.25) is 18.1 Å². The van der Waals surface area contributed by atoms with Crippen molar-refractivity contribution in [3.05, 3.63) is 11.6 Å². The van der Waals surface area contributed by atoms with Crippen LogP contribution < -0.4 is 0 Å². The third-order valence-corrected chi connectivity index (χ3v) is 16.9. The molecule has 5 heteroatoms. The van der Waals surface area contributed by atoms with E-state index in [1.54, 1.807) is 17.3 Å². The summed E-state index contributed by atoms with van der Waals surface area (Å²) in [5, 5.41) is 0.281. The molecule has 0 bridgehead atoms. The van der Waals surface area contributed by atoms with Crippen LogP contribution in [0.3, 0.4) is 0 Å². The van der Waals surface area contributed by atoms with Gasteiger partial charge in [-0.25, -0.2) is 0 Å². The van der Waals surface area contributed by atoms with Crippen molar-refractivity contribution >= 4 is 36.7 Å². The first-order chi connectivity index (χ1) is 15.2. The highest BCUT2D eigenvalue weighted by Crippen LogP contribution is 2.68. The molecule has 188 valence electrons. The summed E-state index contributed by atoms with van der Waals surface area (Å²) in [6.07, 6.45) is 15.1. The lowest BCUT2D eigenvalue weighted by atomic mass is 9.47. The second-order valence-electron chi connectivity index (χ2n) is 13.8. The Hall–Kier alpha value is 0.157. The smallest absolute Gasteiger partial charge is 0.220 e. The molecule has 33 heavy (non-hydrogen) atoms. The normalized spacial score (nSPS) is 43.2. The first-order valence-corrected chi connectivity index (χ1v) is 17.9. The van der Waals surface area contributed by atoms with E-state index in [1.165, 1.54) is 38.5 Å². The van der Waals surface area contributed by atoms with Crippen LogP contribution in [-0.4, -0.2) is 30.7 Å². The first kappa shape index (κ1) is 26.2. The number of allylic oxidation sites excluding steroid dienone is 1. The van der Waals surface area contributed by atoms with Gasteiger partial charge < -0.3 is 9.16 Å². The number of thiocarbonyl (C=S) groups is 1. The summed E-state index contributed by atoms with van der Waals surface area (Å²) in [5.74, 6) is 2.37. The van der Waals surface area contributed by atoms with E-state index in [1.807, 2.05) is 6.26 Å². The summed E-state index contributed by atoms with van der Waals surface area (Å²) in [4.78, 5) is 0. The van der Waals surface area contributed by atoms with Crippen LogP contribution in [0.1, 0.15) is 92.9 Å². The maximum atomic E-state index is 6.90. The molecule has 0 unspecified atom stereocenters. The molecule has 4 rings (SSSR count). The molecule has 3 saturated carbocycles. The van der Waals surface area contributed by atoms with Gasteiger partial charge in [0.05, 0.1) is 0 Å². The number of rotatable bonds is 3. The Morgan fingerprint density at radius 2 is 1.73 bits per heavy atom. The molecule has 4 aliphatic rings. The first-order valence-electron chi connectivity index (χ1n) is 13.3. The predicted octanol–water partition coefficient (Wildman–Crippen LogP) is 8.76. The maximum absolute atomic E-state index is 6.90. The van der Waals surface area contributed by atoms with E-state index in [-0.39, 0.29) is 16.1 Å². The highest BCUT2D eigenvalue weighted by atomic mass is 32.2. The largest absolute Gasteiger partial charge is 0.472 e. The summed E-state index contributed by atoms with van der Waals surface area (Å²) < 4.78 is 14.1. The van der Waals surface area contributed by atoms with Crippen molar-refractivity contribution in [2.75, 3.05) is 6.26 Å². The van der Waals surface area contributed by atoms with Crippen LogP contribution in [0.4, 0.5) is 0 Å². The predicted molar refractivity (Wildman–Crippen MR) is 149 cm³/mol. The molecule has 0 aromatic rings. The molecule has 2 nitrogen and oxygen atoms in total. The molecule has 3 fully saturated rings. The van der Waals surface area contributed by atoms with Gasteiger partial charge in [-0.15, -0.1) is 0 Å². The number of thioether (sulfide) groups is 1. The Morgan fingerprint density at radius 1 is 1.06 bits per heavy atom. The fourth-order valence-electron chi connectivity index (χ4n) is 7.94. The Labute approximate surface area is 214 Å². The summed E-state index contributed by atoms with van der Waals surface area (Å²) in [6, 6.07) is 0. The van der Waals surface area contributed by atoms with Crippen molar-refractivity contribution < 1.29 is 9.16 Å². The van der Waals surface area contributed by atoms with E-state index in [0.29, 0.717) is 11.5 Å². The van der Waals surface area contributed by atoms with Gasteiger partial charge in [0, 0.05) is 11.5 Å². The topological polar surface area (TPSA) is 18.5 Å².